The number of rotatable bonds is 4. The molecule has 2 rings (SSSR count). The van der Waals surface area contributed by atoms with E-state index in [0.29, 0.717) is 36.1 Å². The fraction of sp³-hybridized carbons (Fsp3) is 0.308. The van der Waals surface area contributed by atoms with Gasteiger partial charge in [-0.15, -0.1) is 0 Å². The smallest absolute Gasteiger partial charge is 0.258 e. The first-order valence-electron chi connectivity index (χ1n) is 5.95. The van der Waals surface area contributed by atoms with Crippen LogP contribution < -0.4 is 10.9 Å². The molecule has 1 aromatic heterocycles. The molecule has 1 aromatic carbocycles. The molecule has 0 atom stereocenters. The molecule has 0 saturated carbocycles. The number of nitrogens with one attached hydrogen (secondary N) is 2. The van der Waals surface area contributed by atoms with Crippen molar-refractivity contribution in [1.29, 1.82) is 0 Å². The maximum Gasteiger partial charge on any atom is 0.258 e. The Labute approximate surface area is 104 Å². The van der Waals surface area contributed by atoms with Crippen LogP contribution in [-0.2, 0) is 11.2 Å². The van der Waals surface area contributed by atoms with E-state index in [0.717, 1.165) is 0 Å². The topological polar surface area (TPSA) is 74.8 Å². The zero-order valence-corrected chi connectivity index (χ0v) is 10.2. The molecular formula is C13H15N3O2. The highest BCUT2D eigenvalue weighted by Gasteiger charge is 2.05. The Kier molecular flexibility index (Phi) is 3.72. The fourth-order valence-corrected chi connectivity index (χ4v) is 1.77. The van der Waals surface area contributed by atoms with E-state index in [2.05, 4.69) is 15.3 Å². The van der Waals surface area contributed by atoms with Crippen LogP contribution >= 0.6 is 0 Å². The number of benzene rings is 1. The first-order valence-corrected chi connectivity index (χ1v) is 5.95. The number of nitrogens with zero attached hydrogens (tertiary/aromatic N) is 1. The van der Waals surface area contributed by atoms with E-state index in [1.54, 1.807) is 18.2 Å². The predicted octanol–water partition coefficient (Wildman–Crippen LogP) is 0.992. The number of aryl methyl sites for hydroxylation is 1. The second kappa shape index (κ2) is 5.44. The number of hydrogen-bond donors (Lipinski definition) is 2. The summed E-state index contributed by atoms with van der Waals surface area (Å²) in [6.07, 6.45) is 0.765. The minimum atomic E-state index is -0.161. The first-order chi connectivity index (χ1) is 8.70. The normalized spacial score (nSPS) is 10.5. The third-order valence-electron chi connectivity index (χ3n) is 2.62. The molecule has 0 fully saturated rings. The van der Waals surface area contributed by atoms with Crippen molar-refractivity contribution < 1.29 is 4.79 Å². The maximum absolute atomic E-state index is 11.8. The largest absolute Gasteiger partial charge is 0.356 e. The number of aromatic amines is 1. The average molecular weight is 245 g/mol. The number of fused-ring (bicyclic) bond motifs is 1. The molecule has 18 heavy (non-hydrogen) atoms. The predicted molar refractivity (Wildman–Crippen MR) is 69.4 cm³/mol. The van der Waals surface area contributed by atoms with Crippen molar-refractivity contribution in [2.45, 2.75) is 19.8 Å². The van der Waals surface area contributed by atoms with Gasteiger partial charge >= 0.3 is 0 Å². The second-order valence-corrected chi connectivity index (χ2v) is 3.98. The summed E-state index contributed by atoms with van der Waals surface area (Å²) in [5, 5.41) is 3.28. The fourth-order valence-electron chi connectivity index (χ4n) is 1.77. The van der Waals surface area contributed by atoms with Gasteiger partial charge < -0.3 is 10.3 Å². The molecule has 5 nitrogen and oxygen atoms in total. The van der Waals surface area contributed by atoms with Gasteiger partial charge in [-0.3, -0.25) is 9.59 Å². The highest BCUT2D eigenvalue weighted by molar-refractivity contribution is 5.77. The molecular weight excluding hydrogens is 230 g/mol. The van der Waals surface area contributed by atoms with Gasteiger partial charge in [-0.2, -0.15) is 0 Å². The van der Waals surface area contributed by atoms with Crippen molar-refractivity contribution in [1.82, 2.24) is 15.3 Å². The van der Waals surface area contributed by atoms with Crippen LogP contribution in [0.15, 0.2) is 29.1 Å². The van der Waals surface area contributed by atoms with Gasteiger partial charge in [0.2, 0.25) is 5.91 Å². The number of aromatic nitrogens is 2. The minimum absolute atomic E-state index is 0.0340. The van der Waals surface area contributed by atoms with Gasteiger partial charge in [0.05, 0.1) is 10.9 Å². The van der Waals surface area contributed by atoms with Crippen LogP contribution in [0.1, 0.15) is 19.2 Å². The zero-order valence-electron chi connectivity index (χ0n) is 10.2. The molecule has 2 aromatic rings. The highest BCUT2D eigenvalue weighted by atomic mass is 16.1. The summed E-state index contributed by atoms with van der Waals surface area (Å²) in [4.78, 5) is 30.1. The van der Waals surface area contributed by atoms with E-state index in [4.69, 9.17) is 0 Å². The molecule has 5 heteroatoms. The monoisotopic (exact) mass is 245 g/mol. The lowest BCUT2D eigenvalue weighted by Crippen LogP contribution is -2.23. The number of carbonyl (C=O) groups is 1. The number of para-hydroxylation sites is 1. The Hall–Kier alpha value is -2.17. The van der Waals surface area contributed by atoms with E-state index in [-0.39, 0.29) is 11.5 Å². The van der Waals surface area contributed by atoms with E-state index < -0.39 is 0 Å². The summed E-state index contributed by atoms with van der Waals surface area (Å²) in [6.45, 7) is 2.48. The van der Waals surface area contributed by atoms with Gasteiger partial charge in [-0.25, -0.2) is 4.98 Å². The molecule has 94 valence electrons. The van der Waals surface area contributed by atoms with Crippen LogP contribution in [0.25, 0.3) is 10.9 Å². The molecule has 1 amide bonds. The van der Waals surface area contributed by atoms with Gasteiger partial charge in [0.25, 0.3) is 5.56 Å². The van der Waals surface area contributed by atoms with Crippen molar-refractivity contribution in [2.24, 2.45) is 0 Å². The Morgan fingerprint density at radius 1 is 1.39 bits per heavy atom. The van der Waals surface area contributed by atoms with Crippen LogP contribution in [0.4, 0.5) is 0 Å². The van der Waals surface area contributed by atoms with Gasteiger partial charge in [-0.05, 0) is 19.1 Å². The van der Waals surface area contributed by atoms with Crippen LogP contribution in [0.5, 0.6) is 0 Å². The third-order valence-corrected chi connectivity index (χ3v) is 2.62. The molecule has 0 unspecified atom stereocenters. The molecule has 0 bridgehead atoms. The van der Waals surface area contributed by atoms with Crippen molar-refractivity contribution in [3.63, 3.8) is 0 Å². The van der Waals surface area contributed by atoms with E-state index in [1.165, 1.54) is 0 Å². The van der Waals surface area contributed by atoms with Crippen LogP contribution in [0.2, 0.25) is 0 Å². The third kappa shape index (κ3) is 2.74. The van der Waals surface area contributed by atoms with Crippen molar-refractivity contribution in [2.75, 3.05) is 6.54 Å². The van der Waals surface area contributed by atoms with Gasteiger partial charge in [-0.1, -0.05) is 12.1 Å². The van der Waals surface area contributed by atoms with Gasteiger partial charge in [0.1, 0.15) is 5.82 Å². The van der Waals surface area contributed by atoms with Crippen molar-refractivity contribution >= 4 is 16.8 Å². The highest BCUT2D eigenvalue weighted by Crippen LogP contribution is 2.06. The van der Waals surface area contributed by atoms with Crippen LogP contribution in [0.3, 0.4) is 0 Å². The standard InChI is InChI=1S/C13H15N3O2/c1-2-14-12(17)8-7-11-15-10-6-4-3-5-9(10)13(18)16-11/h3-6H,2,7-8H2,1H3,(H,14,17)(H,15,16,18). The second-order valence-electron chi connectivity index (χ2n) is 3.98. The Morgan fingerprint density at radius 2 is 2.17 bits per heavy atom. The quantitative estimate of drug-likeness (QED) is 0.843. The molecule has 0 aliphatic heterocycles. The first kappa shape index (κ1) is 12.3. The lowest BCUT2D eigenvalue weighted by atomic mass is 10.2. The number of hydrogen-bond acceptors (Lipinski definition) is 3. The van der Waals surface area contributed by atoms with Crippen molar-refractivity contribution in [3.8, 4) is 0 Å². The molecule has 0 radical (unpaired) electrons. The van der Waals surface area contributed by atoms with Crippen LogP contribution in [0, 0.1) is 0 Å². The number of H-pyrrole nitrogens is 1. The Bertz CT molecular complexity index is 619. The van der Waals surface area contributed by atoms with E-state index in [9.17, 15) is 9.59 Å². The van der Waals surface area contributed by atoms with Crippen molar-refractivity contribution in [3.05, 3.63) is 40.4 Å². The van der Waals surface area contributed by atoms with Gasteiger partial charge in [0, 0.05) is 19.4 Å². The molecule has 0 aliphatic rings. The summed E-state index contributed by atoms with van der Waals surface area (Å²) in [5.41, 5.74) is 0.499. The lowest BCUT2D eigenvalue weighted by molar-refractivity contribution is -0.120. The minimum Gasteiger partial charge on any atom is -0.356 e. The Morgan fingerprint density at radius 3 is 2.94 bits per heavy atom. The molecule has 1 heterocycles. The zero-order chi connectivity index (χ0) is 13.0. The van der Waals surface area contributed by atoms with E-state index in [1.807, 2.05) is 13.0 Å². The average Bonchev–Trinajstić information content (AvgIpc) is 2.37. The summed E-state index contributed by atoms with van der Waals surface area (Å²) < 4.78 is 0. The molecule has 0 saturated heterocycles. The maximum atomic E-state index is 11.8. The summed E-state index contributed by atoms with van der Waals surface area (Å²) in [7, 11) is 0. The lowest BCUT2D eigenvalue weighted by Gasteiger charge is -2.03. The SMILES string of the molecule is CCNC(=O)CCc1nc2ccccc2c(=O)[nH]1. The molecule has 0 aliphatic carbocycles. The Balaban J connectivity index is 2.20. The van der Waals surface area contributed by atoms with Gasteiger partial charge in [0.15, 0.2) is 0 Å². The summed E-state index contributed by atoms with van der Waals surface area (Å²) in [6, 6.07) is 7.16. The number of carbonyl (C=O) groups excluding carboxylic acids is 1. The van der Waals surface area contributed by atoms with Crippen LogP contribution in [-0.4, -0.2) is 22.4 Å². The summed E-state index contributed by atoms with van der Waals surface area (Å²) in [5.74, 6) is 0.512. The molecule has 2 N–H and O–H groups in total. The summed E-state index contributed by atoms with van der Waals surface area (Å²) >= 11 is 0. The molecule has 0 spiro atoms. The van der Waals surface area contributed by atoms with E-state index >= 15 is 0 Å². The number of amides is 1.